The topological polar surface area (TPSA) is 60.1 Å². The SMILES string of the molecule is CCNC/C=C\CNC/C=C\CNC/C=C\CNC/C=C\CNCC. The van der Waals surface area contributed by atoms with E-state index in [0.29, 0.717) is 0 Å². The summed E-state index contributed by atoms with van der Waals surface area (Å²) in [4.78, 5) is 0. The van der Waals surface area contributed by atoms with E-state index in [0.717, 1.165) is 65.4 Å². The summed E-state index contributed by atoms with van der Waals surface area (Å²) in [5.41, 5.74) is 0. The third kappa shape index (κ3) is 22.8. The van der Waals surface area contributed by atoms with E-state index in [-0.39, 0.29) is 0 Å². The summed E-state index contributed by atoms with van der Waals surface area (Å²) in [5, 5.41) is 16.6. The van der Waals surface area contributed by atoms with Gasteiger partial charge in [0.15, 0.2) is 0 Å². The Kier molecular flexibility index (Phi) is 21.6. The maximum Gasteiger partial charge on any atom is 0.0138 e. The van der Waals surface area contributed by atoms with Crippen molar-refractivity contribution in [1.29, 1.82) is 0 Å². The van der Waals surface area contributed by atoms with Crippen LogP contribution >= 0.6 is 0 Å². The first-order chi connectivity index (χ1) is 12.4. The molecule has 5 nitrogen and oxygen atoms in total. The van der Waals surface area contributed by atoms with Crippen molar-refractivity contribution in [2.45, 2.75) is 13.8 Å². The Morgan fingerprint density at radius 2 is 0.560 bits per heavy atom. The number of rotatable bonds is 18. The second-order valence-electron chi connectivity index (χ2n) is 5.48. The van der Waals surface area contributed by atoms with Crippen molar-refractivity contribution in [3.05, 3.63) is 48.6 Å². The van der Waals surface area contributed by atoms with E-state index in [1.165, 1.54) is 0 Å². The smallest absolute Gasteiger partial charge is 0.0138 e. The van der Waals surface area contributed by atoms with Gasteiger partial charge in [0, 0.05) is 52.4 Å². The summed E-state index contributed by atoms with van der Waals surface area (Å²) >= 11 is 0. The molecular formula is C20H39N5. The van der Waals surface area contributed by atoms with Crippen LogP contribution in [0.3, 0.4) is 0 Å². The molecule has 0 amide bonds. The van der Waals surface area contributed by atoms with Crippen LogP contribution in [0.5, 0.6) is 0 Å². The molecule has 0 aromatic carbocycles. The van der Waals surface area contributed by atoms with Gasteiger partial charge in [-0.2, -0.15) is 0 Å². The summed E-state index contributed by atoms with van der Waals surface area (Å²) in [7, 11) is 0. The maximum absolute atomic E-state index is 3.36. The molecule has 0 aromatic rings. The molecule has 0 radical (unpaired) electrons. The minimum Gasteiger partial charge on any atom is -0.314 e. The largest absolute Gasteiger partial charge is 0.314 e. The molecule has 0 saturated carbocycles. The lowest BCUT2D eigenvalue weighted by Crippen LogP contribution is -2.17. The predicted molar refractivity (Wildman–Crippen MR) is 112 cm³/mol. The van der Waals surface area contributed by atoms with Crippen LogP contribution < -0.4 is 26.6 Å². The summed E-state index contributed by atoms with van der Waals surface area (Å²) in [6.07, 6.45) is 17.3. The first-order valence-electron chi connectivity index (χ1n) is 9.55. The van der Waals surface area contributed by atoms with Crippen molar-refractivity contribution in [3.63, 3.8) is 0 Å². The fourth-order valence-electron chi connectivity index (χ4n) is 1.87. The van der Waals surface area contributed by atoms with Crippen LogP contribution in [0.25, 0.3) is 0 Å². The molecule has 0 spiro atoms. The third-order valence-corrected chi connectivity index (χ3v) is 3.26. The van der Waals surface area contributed by atoms with Crippen molar-refractivity contribution < 1.29 is 0 Å². The summed E-state index contributed by atoms with van der Waals surface area (Å²) < 4.78 is 0. The molecule has 0 rings (SSSR count). The van der Waals surface area contributed by atoms with E-state index in [4.69, 9.17) is 0 Å². The quantitative estimate of drug-likeness (QED) is 0.190. The number of hydrogen-bond acceptors (Lipinski definition) is 5. The highest BCUT2D eigenvalue weighted by atomic mass is 14.9. The van der Waals surface area contributed by atoms with Gasteiger partial charge in [0.25, 0.3) is 0 Å². The van der Waals surface area contributed by atoms with Gasteiger partial charge in [0.05, 0.1) is 0 Å². The Balaban J connectivity index is 3.26. The normalized spacial score (nSPS) is 12.6. The highest BCUT2D eigenvalue weighted by Gasteiger charge is 1.81. The lowest BCUT2D eigenvalue weighted by Gasteiger charge is -1.98. The average molecular weight is 350 g/mol. The summed E-state index contributed by atoms with van der Waals surface area (Å²) in [6, 6.07) is 0. The van der Waals surface area contributed by atoms with E-state index in [9.17, 15) is 0 Å². The van der Waals surface area contributed by atoms with Gasteiger partial charge in [0.2, 0.25) is 0 Å². The lowest BCUT2D eigenvalue weighted by molar-refractivity contribution is 0.789. The van der Waals surface area contributed by atoms with Crippen LogP contribution in [0.2, 0.25) is 0 Å². The van der Waals surface area contributed by atoms with Gasteiger partial charge < -0.3 is 26.6 Å². The first-order valence-corrected chi connectivity index (χ1v) is 9.55. The van der Waals surface area contributed by atoms with E-state index >= 15 is 0 Å². The second kappa shape index (κ2) is 22.8. The van der Waals surface area contributed by atoms with E-state index in [1.807, 2.05) is 0 Å². The molecule has 0 atom stereocenters. The van der Waals surface area contributed by atoms with Crippen molar-refractivity contribution >= 4 is 0 Å². The van der Waals surface area contributed by atoms with Gasteiger partial charge >= 0.3 is 0 Å². The van der Waals surface area contributed by atoms with Crippen LogP contribution in [0.4, 0.5) is 0 Å². The fraction of sp³-hybridized carbons (Fsp3) is 0.600. The Morgan fingerprint density at radius 1 is 0.360 bits per heavy atom. The monoisotopic (exact) mass is 349 g/mol. The Bertz CT molecular complexity index is 327. The van der Waals surface area contributed by atoms with Gasteiger partial charge in [0.1, 0.15) is 0 Å². The molecule has 5 N–H and O–H groups in total. The molecule has 0 fully saturated rings. The van der Waals surface area contributed by atoms with Gasteiger partial charge in [-0.15, -0.1) is 0 Å². The molecule has 0 bridgehead atoms. The van der Waals surface area contributed by atoms with Gasteiger partial charge in [-0.3, -0.25) is 0 Å². The maximum atomic E-state index is 3.36. The van der Waals surface area contributed by atoms with Gasteiger partial charge in [-0.1, -0.05) is 62.5 Å². The van der Waals surface area contributed by atoms with Crippen molar-refractivity contribution in [3.8, 4) is 0 Å². The molecule has 0 unspecified atom stereocenters. The molecule has 0 aliphatic rings. The number of likely N-dealkylation sites (N-methyl/N-ethyl adjacent to an activating group) is 2. The molecule has 0 aliphatic heterocycles. The third-order valence-electron chi connectivity index (χ3n) is 3.26. The highest BCUT2D eigenvalue weighted by Crippen LogP contribution is 1.75. The standard InChI is InChI=1S/C20H39N5/c1-3-21-13-5-7-15-23-17-9-11-19-25-20-12-10-18-24-16-8-6-14-22-4-2/h5-12,21-25H,3-4,13-20H2,1-2H3/b7-5-,8-6-,11-9-,12-10-. The lowest BCUT2D eigenvalue weighted by atomic mass is 10.4. The molecule has 0 saturated heterocycles. The van der Waals surface area contributed by atoms with E-state index in [1.54, 1.807) is 0 Å². The van der Waals surface area contributed by atoms with E-state index in [2.05, 4.69) is 89.0 Å². The van der Waals surface area contributed by atoms with Gasteiger partial charge in [-0.25, -0.2) is 0 Å². The van der Waals surface area contributed by atoms with Crippen molar-refractivity contribution in [1.82, 2.24) is 26.6 Å². The average Bonchev–Trinajstić information content (AvgIpc) is 2.63. The Labute approximate surface area is 155 Å². The number of nitrogens with one attached hydrogen (secondary N) is 5. The van der Waals surface area contributed by atoms with Crippen LogP contribution in [0.1, 0.15) is 13.8 Å². The molecule has 25 heavy (non-hydrogen) atoms. The van der Waals surface area contributed by atoms with Crippen LogP contribution in [0.15, 0.2) is 48.6 Å². The van der Waals surface area contributed by atoms with Crippen molar-refractivity contribution in [2.24, 2.45) is 0 Å². The number of hydrogen-bond donors (Lipinski definition) is 5. The molecule has 5 heteroatoms. The van der Waals surface area contributed by atoms with Crippen LogP contribution in [-0.2, 0) is 0 Å². The second-order valence-corrected chi connectivity index (χ2v) is 5.48. The minimum atomic E-state index is 0.906. The first kappa shape index (κ1) is 23.8. The van der Waals surface area contributed by atoms with E-state index < -0.39 is 0 Å². The van der Waals surface area contributed by atoms with Crippen LogP contribution in [-0.4, -0.2) is 65.4 Å². The molecule has 0 aromatic heterocycles. The predicted octanol–water partition coefficient (Wildman–Crippen LogP) is 1.20. The summed E-state index contributed by atoms with van der Waals surface area (Å²) in [6.45, 7) is 13.7. The summed E-state index contributed by atoms with van der Waals surface area (Å²) in [5.74, 6) is 0. The zero-order valence-electron chi connectivity index (χ0n) is 16.2. The zero-order valence-corrected chi connectivity index (χ0v) is 16.2. The van der Waals surface area contributed by atoms with Crippen LogP contribution in [0, 0.1) is 0 Å². The molecular weight excluding hydrogens is 310 g/mol. The molecule has 0 aliphatic carbocycles. The minimum absolute atomic E-state index is 0.906. The Hall–Kier alpha value is -1.24. The fourth-order valence-corrected chi connectivity index (χ4v) is 1.87. The van der Waals surface area contributed by atoms with Crippen molar-refractivity contribution in [2.75, 3.05) is 65.4 Å². The zero-order chi connectivity index (χ0) is 18.3. The molecule has 0 heterocycles. The highest BCUT2D eigenvalue weighted by molar-refractivity contribution is 4.92. The van der Waals surface area contributed by atoms with Gasteiger partial charge in [-0.05, 0) is 13.1 Å². The molecule has 144 valence electrons. The Morgan fingerprint density at radius 3 is 0.760 bits per heavy atom.